The number of hydrogen-bond acceptors (Lipinski definition) is 3. The van der Waals surface area contributed by atoms with Crippen LogP contribution in [-0.2, 0) is 6.54 Å². The van der Waals surface area contributed by atoms with Crippen molar-refractivity contribution >= 4 is 17.7 Å². The number of amides is 1. The number of halogens is 1. The second-order valence-electron chi connectivity index (χ2n) is 5.81. The van der Waals surface area contributed by atoms with Gasteiger partial charge in [0.25, 0.3) is 5.91 Å². The lowest BCUT2D eigenvalue weighted by Crippen LogP contribution is -2.23. The third-order valence-electron chi connectivity index (χ3n) is 3.88. The fourth-order valence-electron chi connectivity index (χ4n) is 2.46. The minimum atomic E-state index is -0.324. The van der Waals surface area contributed by atoms with Crippen LogP contribution >= 0.6 is 11.8 Å². The van der Waals surface area contributed by atoms with E-state index in [1.807, 2.05) is 18.2 Å². The number of benzene rings is 3. The largest absolute Gasteiger partial charge is 0.493 e. The summed E-state index contributed by atoms with van der Waals surface area (Å²) >= 11 is 1.73. The second-order valence-corrected chi connectivity index (χ2v) is 6.98. The second kappa shape index (κ2) is 9.78. The Labute approximate surface area is 162 Å². The molecule has 3 aromatic rings. The molecule has 0 aliphatic heterocycles. The SMILES string of the molecule is O=C(NCc1ccccc1F)c1ccc(OCCSc2ccccc2)cc1. The maximum atomic E-state index is 13.6. The van der Waals surface area contributed by atoms with Crippen molar-refractivity contribution in [3.05, 3.63) is 95.8 Å². The maximum absolute atomic E-state index is 13.6. The number of ether oxygens (including phenoxy) is 1. The lowest BCUT2D eigenvalue weighted by Gasteiger charge is -2.08. The summed E-state index contributed by atoms with van der Waals surface area (Å²) in [5.74, 6) is 0.989. The molecule has 5 heteroatoms. The Morgan fingerprint density at radius 2 is 1.63 bits per heavy atom. The minimum absolute atomic E-state index is 0.153. The van der Waals surface area contributed by atoms with Gasteiger partial charge in [0.1, 0.15) is 11.6 Å². The van der Waals surface area contributed by atoms with Crippen LogP contribution in [0.3, 0.4) is 0 Å². The highest BCUT2D eigenvalue weighted by Crippen LogP contribution is 2.18. The molecular weight excluding hydrogens is 361 g/mol. The third-order valence-corrected chi connectivity index (χ3v) is 4.85. The summed E-state index contributed by atoms with van der Waals surface area (Å²) in [7, 11) is 0. The van der Waals surface area contributed by atoms with E-state index in [9.17, 15) is 9.18 Å². The molecule has 1 N–H and O–H groups in total. The molecule has 0 aromatic heterocycles. The molecule has 0 fully saturated rings. The van der Waals surface area contributed by atoms with Crippen LogP contribution in [0, 0.1) is 5.82 Å². The van der Waals surface area contributed by atoms with E-state index in [1.54, 1.807) is 54.2 Å². The van der Waals surface area contributed by atoms with Crippen LogP contribution in [0.5, 0.6) is 5.75 Å². The Morgan fingerprint density at radius 1 is 0.926 bits per heavy atom. The Balaban J connectivity index is 1.43. The highest BCUT2D eigenvalue weighted by molar-refractivity contribution is 7.99. The van der Waals surface area contributed by atoms with Crippen molar-refractivity contribution in [3.63, 3.8) is 0 Å². The average Bonchev–Trinajstić information content (AvgIpc) is 2.72. The molecule has 0 saturated heterocycles. The zero-order valence-corrected chi connectivity index (χ0v) is 15.5. The highest BCUT2D eigenvalue weighted by Gasteiger charge is 2.07. The highest BCUT2D eigenvalue weighted by atomic mass is 32.2. The fourth-order valence-corrected chi connectivity index (χ4v) is 3.21. The van der Waals surface area contributed by atoms with Crippen LogP contribution in [0.2, 0.25) is 0 Å². The van der Waals surface area contributed by atoms with Crippen molar-refractivity contribution in [1.29, 1.82) is 0 Å². The first-order valence-corrected chi connectivity index (χ1v) is 9.63. The predicted octanol–water partition coefficient (Wildman–Crippen LogP) is 4.93. The molecule has 0 unspecified atom stereocenters. The first-order chi connectivity index (χ1) is 13.2. The summed E-state index contributed by atoms with van der Waals surface area (Å²) < 4.78 is 19.3. The zero-order chi connectivity index (χ0) is 18.9. The van der Waals surface area contributed by atoms with Crippen LogP contribution < -0.4 is 10.1 Å². The minimum Gasteiger partial charge on any atom is -0.493 e. The number of carbonyl (C=O) groups is 1. The Kier molecular flexibility index (Phi) is 6.88. The van der Waals surface area contributed by atoms with Crippen molar-refractivity contribution in [3.8, 4) is 5.75 Å². The number of rotatable bonds is 8. The van der Waals surface area contributed by atoms with E-state index >= 15 is 0 Å². The van der Waals surface area contributed by atoms with Crippen molar-refractivity contribution in [2.24, 2.45) is 0 Å². The molecule has 0 atom stereocenters. The normalized spacial score (nSPS) is 10.4. The van der Waals surface area contributed by atoms with Gasteiger partial charge in [-0.25, -0.2) is 4.39 Å². The molecule has 0 bridgehead atoms. The van der Waals surface area contributed by atoms with E-state index in [0.717, 1.165) is 5.75 Å². The molecule has 3 rings (SSSR count). The van der Waals surface area contributed by atoms with Gasteiger partial charge in [-0.2, -0.15) is 0 Å². The number of carbonyl (C=O) groups excluding carboxylic acids is 1. The first-order valence-electron chi connectivity index (χ1n) is 8.65. The molecule has 3 nitrogen and oxygen atoms in total. The Bertz CT molecular complexity index is 869. The number of nitrogens with one attached hydrogen (secondary N) is 1. The lowest BCUT2D eigenvalue weighted by atomic mass is 10.2. The van der Waals surface area contributed by atoms with Gasteiger partial charge in [0, 0.05) is 28.3 Å². The summed E-state index contributed by atoms with van der Waals surface area (Å²) in [6.07, 6.45) is 0. The first kappa shape index (κ1) is 19.0. The van der Waals surface area contributed by atoms with Gasteiger partial charge in [0.05, 0.1) is 6.61 Å². The number of thioether (sulfide) groups is 1. The Hall–Kier alpha value is -2.79. The standard InChI is InChI=1S/C22H20FNO2S/c23-21-9-5-4-6-18(21)16-24-22(25)17-10-12-19(13-11-17)26-14-15-27-20-7-2-1-3-8-20/h1-13H,14-16H2,(H,24,25). The molecule has 0 aliphatic rings. The summed E-state index contributed by atoms with van der Waals surface area (Å²) in [5.41, 5.74) is 0.971. The molecule has 0 radical (unpaired) electrons. The maximum Gasteiger partial charge on any atom is 0.251 e. The van der Waals surface area contributed by atoms with Crippen molar-refractivity contribution in [2.45, 2.75) is 11.4 Å². The van der Waals surface area contributed by atoms with Crippen LogP contribution in [0.4, 0.5) is 4.39 Å². The molecule has 0 heterocycles. The lowest BCUT2D eigenvalue weighted by molar-refractivity contribution is 0.0950. The van der Waals surface area contributed by atoms with Crippen LogP contribution in [0.1, 0.15) is 15.9 Å². The zero-order valence-electron chi connectivity index (χ0n) is 14.7. The van der Waals surface area contributed by atoms with Gasteiger partial charge in [0.2, 0.25) is 0 Å². The average molecular weight is 381 g/mol. The van der Waals surface area contributed by atoms with Gasteiger partial charge >= 0.3 is 0 Å². The van der Waals surface area contributed by atoms with Gasteiger partial charge in [-0.3, -0.25) is 4.79 Å². The van der Waals surface area contributed by atoms with E-state index in [2.05, 4.69) is 17.4 Å². The molecule has 138 valence electrons. The van der Waals surface area contributed by atoms with Gasteiger partial charge in [-0.05, 0) is 42.5 Å². The predicted molar refractivity (Wildman–Crippen MR) is 107 cm³/mol. The summed E-state index contributed by atoms with van der Waals surface area (Å²) in [4.78, 5) is 13.4. The van der Waals surface area contributed by atoms with Gasteiger partial charge in [0.15, 0.2) is 0 Å². The summed E-state index contributed by atoms with van der Waals surface area (Å²) in [6.45, 7) is 0.735. The third kappa shape index (κ3) is 5.86. The van der Waals surface area contributed by atoms with Gasteiger partial charge in [-0.1, -0.05) is 36.4 Å². The van der Waals surface area contributed by atoms with E-state index < -0.39 is 0 Å². The summed E-state index contributed by atoms with van der Waals surface area (Å²) in [5, 5.41) is 2.72. The van der Waals surface area contributed by atoms with E-state index in [-0.39, 0.29) is 18.3 Å². The molecule has 3 aromatic carbocycles. The molecule has 1 amide bonds. The van der Waals surface area contributed by atoms with Gasteiger partial charge < -0.3 is 10.1 Å². The number of hydrogen-bond donors (Lipinski definition) is 1. The van der Waals surface area contributed by atoms with E-state index in [0.29, 0.717) is 23.5 Å². The molecule has 0 saturated carbocycles. The van der Waals surface area contributed by atoms with Crippen molar-refractivity contribution < 1.29 is 13.9 Å². The molecule has 27 heavy (non-hydrogen) atoms. The van der Waals surface area contributed by atoms with Crippen LogP contribution in [-0.4, -0.2) is 18.3 Å². The smallest absolute Gasteiger partial charge is 0.251 e. The fraction of sp³-hybridized carbons (Fsp3) is 0.136. The Morgan fingerprint density at radius 3 is 2.37 bits per heavy atom. The summed E-state index contributed by atoms with van der Waals surface area (Å²) in [6, 6.07) is 23.5. The monoisotopic (exact) mass is 381 g/mol. The topological polar surface area (TPSA) is 38.3 Å². The van der Waals surface area contributed by atoms with Gasteiger partial charge in [-0.15, -0.1) is 11.8 Å². The molecule has 0 aliphatic carbocycles. The van der Waals surface area contributed by atoms with Crippen molar-refractivity contribution in [2.75, 3.05) is 12.4 Å². The van der Waals surface area contributed by atoms with E-state index in [4.69, 9.17) is 4.74 Å². The van der Waals surface area contributed by atoms with Crippen LogP contribution in [0.25, 0.3) is 0 Å². The quantitative estimate of drug-likeness (QED) is 0.444. The van der Waals surface area contributed by atoms with E-state index in [1.165, 1.54) is 11.0 Å². The van der Waals surface area contributed by atoms with Crippen molar-refractivity contribution in [1.82, 2.24) is 5.32 Å². The molecular formula is C22H20FNO2S. The molecule has 0 spiro atoms. The van der Waals surface area contributed by atoms with Crippen LogP contribution in [0.15, 0.2) is 83.8 Å².